The molecule has 0 amide bonds. The molecule has 1 aliphatic rings. The van der Waals surface area contributed by atoms with E-state index in [4.69, 9.17) is 33.0 Å². The molecule has 4 nitrogen and oxygen atoms in total. The summed E-state index contributed by atoms with van der Waals surface area (Å²) >= 11 is 14.1. The van der Waals surface area contributed by atoms with Gasteiger partial charge in [0.1, 0.15) is 0 Å². The average Bonchev–Trinajstić information content (AvgIpc) is 2.67. The minimum absolute atomic E-state index is 0.0235. The lowest BCUT2D eigenvalue weighted by atomic mass is 10.1. The van der Waals surface area contributed by atoms with Gasteiger partial charge in [0, 0.05) is 40.3 Å². The summed E-state index contributed by atoms with van der Waals surface area (Å²) in [7, 11) is 0. The molecular formula is C20H21Cl2NO3S. The molecule has 0 aliphatic carbocycles. The molecule has 3 rings (SSSR count). The molecule has 2 aromatic rings. The summed E-state index contributed by atoms with van der Waals surface area (Å²) in [5.41, 5.74) is 2.05. The molecule has 1 saturated heterocycles. The third-order valence-electron chi connectivity index (χ3n) is 4.49. The molecule has 1 unspecified atom stereocenters. The third-order valence-corrected chi connectivity index (χ3v) is 6.24. The fraction of sp³-hybridized carbons (Fsp3) is 0.350. The molecule has 0 saturated carbocycles. The van der Waals surface area contributed by atoms with Gasteiger partial charge >= 0.3 is 5.97 Å². The summed E-state index contributed by atoms with van der Waals surface area (Å²) in [5, 5.41) is 10.2. The van der Waals surface area contributed by atoms with Crippen LogP contribution in [-0.4, -0.2) is 42.2 Å². The van der Waals surface area contributed by atoms with E-state index in [1.54, 1.807) is 11.8 Å². The Balaban J connectivity index is 1.57. The summed E-state index contributed by atoms with van der Waals surface area (Å²) in [6.45, 7) is 2.67. The number of morpholine rings is 1. The van der Waals surface area contributed by atoms with Gasteiger partial charge in [0.15, 0.2) is 0 Å². The molecule has 1 heterocycles. The maximum absolute atomic E-state index is 10.8. The molecule has 1 aliphatic heterocycles. The van der Waals surface area contributed by atoms with E-state index in [0.29, 0.717) is 28.9 Å². The zero-order valence-corrected chi connectivity index (χ0v) is 17.1. The first-order chi connectivity index (χ1) is 13.0. The van der Waals surface area contributed by atoms with Crippen LogP contribution in [0.3, 0.4) is 0 Å². The van der Waals surface area contributed by atoms with Gasteiger partial charge in [-0.25, -0.2) is 0 Å². The van der Waals surface area contributed by atoms with E-state index in [0.717, 1.165) is 29.1 Å². The summed E-state index contributed by atoms with van der Waals surface area (Å²) in [5.74, 6) is -0.0566. The Morgan fingerprint density at radius 1 is 1.19 bits per heavy atom. The molecule has 0 radical (unpaired) electrons. The number of rotatable bonds is 7. The van der Waals surface area contributed by atoms with Crippen LogP contribution in [0.2, 0.25) is 10.0 Å². The van der Waals surface area contributed by atoms with Gasteiger partial charge in [0.25, 0.3) is 0 Å². The largest absolute Gasteiger partial charge is 0.481 e. The van der Waals surface area contributed by atoms with Gasteiger partial charge in [-0.15, -0.1) is 11.8 Å². The Labute approximate surface area is 173 Å². The second-order valence-corrected chi connectivity index (χ2v) is 8.22. The van der Waals surface area contributed by atoms with E-state index in [9.17, 15) is 4.79 Å². The van der Waals surface area contributed by atoms with E-state index in [1.807, 2.05) is 18.2 Å². The van der Waals surface area contributed by atoms with Crippen LogP contribution in [0.4, 0.5) is 0 Å². The van der Waals surface area contributed by atoms with Gasteiger partial charge < -0.3 is 9.84 Å². The van der Waals surface area contributed by atoms with Crippen LogP contribution in [0.25, 0.3) is 0 Å². The summed E-state index contributed by atoms with van der Waals surface area (Å²) in [6, 6.07) is 13.8. The molecule has 1 N–H and O–H groups in total. The normalized spacial score (nSPS) is 17.8. The van der Waals surface area contributed by atoms with Crippen LogP contribution in [0, 0.1) is 0 Å². The van der Waals surface area contributed by atoms with Crippen molar-refractivity contribution >= 4 is 40.9 Å². The molecule has 1 atom stereocenters. The molecule has 7 heteroatoms. The number of hydrogen-bond acceptors (Lipinski definition) is 4. The first kappa shape index (κ1) is 20.5. The van der Waals surface area contributed by atoms with Crippen LogP contribution >= 0.6 is 35.0 Å². The Kier molecular flexibility index (Phi) is 7.44. The van der Waals surface area contributed by atoms with Crippen LogP contribution in [0.1, 0.15) is 23.7 Å². The van der Waals surface area contributed by atoms with Crippen molar-refractivity contribution in [1.82, 2.24) is 4.90 Å². The number of benzene rings is 2. The molecule has 0 spiro atoms. The number of ether oxygens (including phenoxy) is 1. The SMILES string of the molecule is O=C(O)CCN1CCOC(c2ccc(SCc3c(Cl)cccc3Cl)cc2)C1. The second-order valence-electron chi connectivity index (χ2n) is 6.36. The molecule has 2 aromatic carbocycles. The number of halogens is 2. The van der Waals surface area contributed by atoms with Crippen molar-refractivity contribution in [3.63, 3.8) is 0 Å². The lowest BCUT2D eigenvalue weighted by Gasteiger charge is -2.32. The van der Waals surface area contributed by atoms with Gasteiger partial charge in [-0.1, -0.05) is 41.4 Å². The van der Waals surface area contributed by atoms with Crippen molar-refractivity contribution in [2.75, 3.05) is 26.2 Å². The van der Waals surface area contributed by atoms with Crippen LogP contribution in [0.5, 0.6) is 0 Å². The number of carbonyl (C=O) groups is 1. The highest BCUT2D eigenvalue weighted by Gasteiger charge is 2.22. The molecule has 0 bridgehead atoms. The summed E-state index contributed by atoms with van der Waals surface area (Å²) < 4.78 is 5.87. The molecule has 144 valence electrons. The lowest BCUT2D eigenvalue weighted by Crippen LogP contribution is -2.39. The molecule has 27 heavy (non-hydrogen) atoms. The highest BCUT2D eigenvalue weighted by molar-refractivity contribution is 7.98. The molecule has 1 fully saturated rings. The predicted octanol–water partition coefficient (Wildman–Crippen LogP) is 5.13. The number of carboxylic acids is 1. The molecule has 0 aromatic heterocycles. The van der Waals surface area contributed by atoms with E-state index in [-0.39, 0.29) is 12.5 Å². The van der Waals surface area contributed by atoms with E-state index in [1.165, 1.54) is 0 Å². The maximum Gasteiger partial charge on any atom is 0.304 e. The van der Waals surface area contributed by atoms with Crippen molar-refractivity contribution in [1.29, 1.82) is 0 Å². The first-order valence-corrected chi connectivity index (χ1v) is 10.5. The number of hydrogen-bond donors (Lipinski definition) is 1. The second kappa shape index (κ2) is 9.80. The Morgan fingerprint density at radius 3 is 2.56 bits per heavy atom. The van der Waals surface area contributed by atoms with E-state index >= 15 is 0 Å². The third kappa shape index (κ3) is 5.87. The average molecular weight is 426 g/mol. The monoisotopic (exact) mass is 425 g/mol. The smallest absolute Gasteiger partial charge is 0.304 e. The quantitative estimate of drug-likeness (QED) is 0.622. The van der Waals surface area contributed by atoms with Crippen LogP contribution in [-0.2, 0) is 15.3 Å². The topological polar surface area (TPSA) is 49.8 Å². The summed E-state index contributed by atoms with van der Waals surface area (Å²) in [4.78, 5) is 14.0. The highest BCUT2D eigenvalue weighted by atomic mass is 35.5. The van der Waals surface area contributed by atoms with Gasteiger partial charge in [-0.05, 0) is 35.4 Å². The number of nitrogens with zero attached hydrogens (tertiary/aromatic N) is 1. The van der Waals surface area contributed by atoms with E-state index in [2.05, 4.69) is 29.2 Å². The first-order valence-electron chi connectivity index (χ1n) is 8.74. The number of thioether (sulfide) groups is 1. The van der Waals surface area contributed by atoms with Crippen molar-refractivity contribution in [3.8, 4) is 0 Å². The standard InChI is InChI=1S/C20H21Cl2NO3S/c21-17-2-1-3-18(22)16(17)13-27-15-6-4-14(5-7-15)19-12-23(10-11-26-19)9-8-20(24)25/h1-7,19H,8-13H2,(H,24,25). The number of carboxylic acid groups (broad SMARTS) is 1. The van der Waals surface area contributed by atoms with E-state index < -0.39 is 5.97 Å². The van der Waals surface area contributed by atoms with Gasteiger partial charge in [0.2, 0.25) is 0 Å². The van der Waals surface area contributed by atoms with Crippen LogP contribution in [0.15, 0.2) is 47.4 Å². The van der Waals surface area contributed by atoms with Crippen molar-refractivity contribution < 1.29 is 14.6 Å². The van der Waals surface area contributed by atoms with Crippen LogP contribution < -0.4 is 0 Å². The molecular weight excluding hydrogens is 405 g/mol. The van der Waals surface area contributed by atoms with Gasteiger partial charge in [0.05, 0.1) is 19.1 Å². The zero-order valence-electron chi connectivity index (χ0n) is 14.7. The maximum atomic E-state index is 10.8. The summed E-state index contributed by atoms with van der Waals surface area (Å²) in [6.07, 6.45) is 0.136. The highest BCUT2D eigenvalue weighted by Crippen LogP contribution is 2.32. The van der Waals surface area contributed by atoms with Crippen molar-refractivity contribution in [3.05, 3.63) is 63.6 Å². The minimum Gasteiger partial charge on any atom is -0.481 e. The predicted molar refractivity (Wildman–Crippen MR) is 110 cm³/mol. The van der Waals surface area contributed by atoms with Gasteiger partial charge in [-0.3, -0.25) is 9.69 Å². The van der Waals surface area contributed by atoms with Crippen molar-refractivity contribution in [2.24, 2.45) is 0 Å². The zero-order chi connectivity index (χ0) is 19.2. The Bertz CT molecular complexity index is 765. The number of aliphatic carboxylic acids is 1. The van der Waals surface area contributed by atoms with Gasteiger partial charge in [-0.2, -0.15) is 0 Å². The Morgan fingerprint density at radius 2 is 1.89 bits per heavy atom. The lowest BCUT2D eigenvalue weighted by molar-refractivity contribution is -0.137. The fourth-order valence-corrected chi connectivity index (χ4v) is 4.61. The minimum atomic E-state index is -0.766. The Hall–Kier alpha value is -1.24. The fourth-order valence-electron chi connectivity index (χ4n) is 2.97. The van der Waals surface area contributed by atoms with Crippen molar-refractivity contribution in [2.45, 2.75) is 23.2 Å².